The quantitative estimate of drug-likeness (QED) is 0.0448. The minimum Gasteiger partial charge on any atom is -0.456 e. The van der Waals surface area contributed by atoms with E-state index in [4.69, 9.17) is 32.5 Å². The Morgan fingerprint density at radius 3 is 1.65 bits per heavy atom. The van der Waals surface area contributed by atoms with Gasteiger partial charge in [-0.3, -0.25) is 0 Å². The molecule has 5 atom stereocenters. The monoisotopic (exact) mass is 907 g/mol. The molecular weight excluding hydrogens is 844 g/mol. The van der Waals surface area contributed by atoms with Crippen molar-refractivity contribution in [2.24, 2.45) is 4.99 Å². The molecule has 63 heavy (non-hydrogen) atoms. The number of rotatable bonds is 17. The van der Waals surface area contributed by atoms with Gasteiger partial charge in [0.2, 0.25) is 0 Å². The Labute approximate surface area is 373 Å². The molecule has 9 nitrogen and oxygen atoms in total. The van der Waals surface area contributed by atoms with Crippen molar-refractivity contribution >= 4 is 34.2 Å². The SMILES string of the molecule is CC(C)(C)[Si](C)(C)O[C@@H]1C[C@](OC(=Nc2ccccc2)C(F)(F)F)(C(=O)OCc2ccccc2)OC([C@@H](COCc2ccccc2)OCc2ccccc2)[C@@H]1O[Si](C)(C)C(C)(C)C. The number of carbonyl (C=O) groups excluding carboxylic acids is 1. The molecule has 1 heterocycles. The van der Waals surface area contributed by atoms with Crippen molar-refractivity contribution in [1.82, 2.24) is 0 Å². The summed E-state index contributed by atoms with van der Waals surface area (Å²) in [6.45, 7) is 20.6. The third-order valence-corrected chi connectivity index (χ3v) is 21.0. The third kappa shape index (κ3) is 13.7. The van der Waals surface area contributed by atoms with Gasteiger partial charge in [0.05, 0.1) is 44.1 Å². The van der Waals surface area contributed by atoms with Crippen molar-refractivity contribution < 1.29 is 50.5 Å². The number of halogens is 3. The lowest BCUT2D eigenvalue weighted by molar-refractivity contribution is -0.310. The molecule has 0 radical (unpaired) electrons. The minimum atomic E-state index is -5.17. The molecule has 0 amide bonds. The summed E-state index contributed by atoms with van der Waals surface area (Å²) in [5, 5.41) is -0.692. The first-order valence-corrected chi connectivity index (χ1v) is 27.2. The van der Waals surface area contributed by atoms with Crippen LogP contribution in [0.5, 0.6) is 0 Å². The maximum atomic E-state index is 15.3. The molecule has 1 saturated heterocycles. The summed E-state index contributed by atoms with van der Waals surface area (Å²) in [6.07, 6.45) is -10.1. The van der Waals surface area contributed by atoms with Crippen LogP contribution in [0.25, 0.3) is 0 Å². The molecule has 1 unspecified atom stereocenters. The molecule has 5 rings (SSSR count). The molecule has 4 aromatic rings. The van der Waals surface area contributed by atoms with Crippen molar-refractivity contribution in [2.75, 3.05) is 6.61 Å². The van der Waals surface area contributed by atoms with Gasteiger partial charge in [-0.2, -0.15) is 13.2 Å². The second kappa shape index (κ2) is 20.8. The van der Waals surface area contributed by atoms with Gasteiger partial charge in [0, 0.05) is 0 Å². The lowest BCUT2D eigenvalue weighted by atomic mass is 9.92. The molecule has 0 aliphatic carbocycles. The van der Waals surface area contributed by atoms with Gasteiger partial charge < -0.3 is 32.5 Å². The lowest BCUT2D eigenvalue weighted by Crippen LogP contribution is -2.68. The van der Waals surface area contributed by atoms with Gasteiger partial charge in [0.1, 0.15) is 18.8 Å². The van der Waals surface area contributed by atoms with E-state index in [1.165, 1.54) is 12.1 Å². The Balaban J connectivity index is 1.73. The van der Waals surface area contributed by atoms with Crippen molar-refractivity contribution in [3.63, 3.8) is 0 Å². The van der Waals surface area contributed by atoms with E-state index in [9.17, 15) is 4.79 Å². The molecule has 4 aromatic carbocycles. The maximum absolute atomic E-state index is 15.3. The number of hydrogen-bond donors (Lipinski definition) is 0. The second-order valence-electron chi connectivity index (χ2n) is 19.0. The highest BCUT2D eigenvalue weighted by molar-refractivity contribution is 6.74. The highest BCUT2D eigenvalue weighted by Gasteiger charge is 2.62. The van der Waals surface area contributed by atoms with Crippen LogP contribution in [0.15, 0.2) is 126 Å². The highest BCUT2D eigenvalue weighted by Crippen LogP contribution is 2.47. The van der Waals surface area contributed by atoms with Crippen LogP contribution in [0, 0.1) is 0 Å². The molecule has 0 aromatic heterocycles. The first kappa shape index (κ1) is 49.9. The number of alkyl halides is 3. The summed E-state index contributed by atoms with van der Waals surface area (Å²) >= 11 is 0. The smallest absolute Gasteiger partial charge is 0.456 e. The van der Waals surface area contributed by atoms with Crippen LogP contribution in [0.1, 0.15) is 64.7 Å². The van der Waals surface area contributed by atoms with Crippen molar-refractivity contribution in [1.29, 1.82) is 0 Å². The van der Waals surface area contributed by atoms with Gasteiger partial charge in [-0.05, 0) is 65.1 Å². The lowest BCUT2D eigenvalue weighted by Gasteiger charge is -2.53. The van der Waals surface area contributed by atoms with Crippen molar-refractivity contribution in [3.05, 3.63) is 138 Å². The molecule has 14 heteroatoms. The van der Waals surface area contributed by atoms with E-state index < -0.39 is 71.3 Å². The van der Waals surface area contributed by atoms with Crippen LogP contribution in [0.4, 0.5) is 18.9 Å². The predicted molar refractivity (Wildman–Crippen MR) is 244 cm³/mol. The molecule has 0 saturated carbocycles. The molecule has 1 aliphatic rings. The van der Waals surface area contributed by atoms with E-state index in [1.54, 1.807) is 48.5 Å². The van der Waals surface area contributed by atoms with Gasteiger partial charge in [-0.15, -0.1) is 0 Å². The van der Waals surface area contributed by atoms with Gasteiger partial charge in [0.15, 0.2) is 16.6 Å². The summed E-state index contributed by atoms with van der Waals surface area (Å²) in [5.41, 5.74) is 2.29. The van der Waals surface area contributed by atoms with Crippen LogP contribution in [-0.4, -0.2) is 71.5 Å². The number of esters is 1. The number of aliphatic imine (C=N–C) groups is 1. The molecule has 1 fully saturated rings. The number of ether oxygens (including phenoxy) is 5. The van der Waals surface area contributed by atoms with Crippen LogP contribution in [0.3, 0.4) is 0 Å². The molecule has 342 valence electrons. The van der Waals surface area contributed by atoms with E-state index >= 15 is 13.2 Å². The number of para-hydroxylation sites is 1. The topological polar surface area (TPSA) is 94.0 Å². The Hall–Kier alpha value is -4.16. The van der Waals surface area contributed by atoms with Crippen LogP contribution in [0.2, 0.25) is 36.3 Å². The summed E-state index contributed by atoms with van der Waals surface area (Å²) in [7, 11) is -5.58. The second-order valence-corrected chi connectivity index (χ2v) is 28.6. The fourth-order valence-electron chi connectivity index (χ4n) is 6.41. The fourth-order valence-corrected chi connectivity index (χ4v) is 9.06. The van der Waals surface area contributed by atoms with E-state index in [-0.39, 0.29) is 42.2 Å². The normalized spacial score (nSPS) is 20.8. The standard InChI is InChI=1S/C49H64F3NO8Si2/c1-46(2,3)62(7,8)60-40-31-48(45(54)57-34-38-27-19-13-20-28-38,59-44(49(50,51)52)53-39-29-21-14-22-30-39)58-42(43(40)61-63(9,10)47(4,5)6)41(56-33-37-25-17-12-18-26-37)35-55-32-36-23-15-11-16-24-36/h11-30,40-43H,31-35H2,1-10H3/t40-,41-,42?,43-,48+/m1/s1. The van der Waals surface area contributed by atoms with Crippen LogP contribution in [-0.2, 0) is 57.2 Å². The highest BCUT2D eigenvalue weighted by atomic mass is 28.4. The summed E-state index contributed by atoms with van der Waals surface area (Å²) in [6, 6.07) is 35.4. The van der Waals surface area contributed by atoms with Crippen molar-refractivity contribution in [2.45, 2.75) is 140 Å². The first-order valence-electron chi connectivity index (χ1n) is 21.4. The van der Waals surface area contributed by atoms with Crippen molar-refractivity contribution in [3.8, 4) is 0 Å². The largest absolute Gasteiger partial charge is 0.468 e. The number of nitrogens with zero attached hydrogens (tertiary/aromatic N) is 1. The van der Waals surface area contributed by atoms with E-state index in [0.29, 0.717) is 5.56 Å². The summed E-state index contributed by atoms with van der Waals surface area (Å²) in [5.74, 6) is -5.65. The average molecular weight is 908 g/mol. The molecular formula is C49H64F3NO8Si2. The Bertz CT molecular complexity index is 2060. The van der Waals surface area contributed by atoms with Gasteiger partial charge in [0.25, 0.3) is 0 Å². The van der Waals surface area contributed by atoms with Crippen LogP contribution >= 0.6 is 0 Å². The molecule has 1 aliphatic heterocycles. The minimum absolute atomic E-state index is 0.0448. The molecule has 0 bridgehead atoms. The average Bonchev–Trinajstić information content (AvgIpc) is 3.22. The van der Waals surface area contributed by atoms with E-state index in [2.05, 4.69) is 59.6 Å². The number of carbonyl (C=O) groups is 1. The summed E-state index contributed by atoms with van der Waals surface area (Å²) < 4.78 is 92.5. The zero-order valence-corrected chi connectivity index (χ0v) is 40.2. The first-order chi connectivity index (χ1) is 29.5. The predicted octanol–water partition coefficient (Wildman–Crippen LogP) is 12.1. The Morgan fingerprint density at radius 2 is 1.16 bits per heavy atom. The zero-order chi connectivity index (χ0) is 46.1. The summed E-state index contributed by atoms with van der Waals surface area (Å²) in [4.78, 5) is 18.9. The van der Waals surface area contributed by atoms with E-state index in [0.717, 1.165) is 11.1 Å². The molecule has 0 N–H and O–H groups in total. The van der Waals surface area contributed by atoms with Gasteiger partial charge >= 0.3 is 23.8 Å². The Morgan fingerprint density at radius 1 is 0.698 bits per heavy atom. The van der Waals surface area contributed by atoms with Gasteiger partial charge in [-0.1, -0.05) is 151 Å². The van der Waals surface area contributed by atoms with Gasteiger partial charge in [-0.25, -0.2) is 9.79 Å². The number of benzene rings is 4. The third-order valence-electron chi connectivity index (χ3n) is 12.1. The maximum Gasteiger partial charge on any atom is 0.468 e. The zero-order valence-electron chi connectivity index (χ0n) is 38.2. The Kier molecular flexibility index (Phi) is 16.4. The van der Waals surface area contributed by atoms with E-state index in [1.807, 2.05) is 73.8 Å². The van der Waals surface area contributed by atoms with Crippen LogP contribution < -0.4 is 0 Å². The fraction of sp³-hybridized carbons (Fsp3) is 0.469. The molecule has 0 spiro atoms. The number of hydrogen-bond acceptors (Lipinski definition) is 9.